The summed E-state index contributed by atoms with van der Waals surface area (Å²) in [7, 11) is 0. The van der Waals surface area contributed by atoms with Crippen molar-refractivity contribution in [1.29, 1.82) is 0 Å². The van der Waals surface area contributed by atoms with E-state index in [1.165, 1.54) is 0 Å². The van der Waals surface area contributed by atoms with Crippen molar-refractivity contribution in [3.05, 3.63) is 24.3 Å². The molecule has 0 saturated carbocycles. The molecule has 1 aromatic rings. The van der Waals surface area contributed by atoms with Gasteiger partial charge in [-0.2, -0.15) is 0 Å². The first-order valence-electron chi connectivity index (χ1n) is 6.71. The zero-order valence-electron chi connectivity index (χ0n) is 11.1. The number of aliphatic hydroxyl groups is 1. The molecule has 106 valence electrons. The average molecular weight is 266 g/mol. The minimum atomic E-state index is -0.0383. The van der Waals surface area contributed by atoms with Crippen molar-refractivity contribution < 1.29 is 14.6 Å². The fourth-order valence-corrected chi connectivity index (χ4v) is 2.18. The van der Waals surface area contributed by atoms with E-state index in [1.54, 1.807) is 0 Å². The molecule has 1 aliphatic rings. The van der Waals surface area contributed by atoms with Gasteiger partial charge in [-0.05, 0) is 18.6 Å². The molecule has 1 heterocycles. The van der Waals surface area contributed by atoms with Crippen LogP contribution in [0.3, 0.4) is 0 Å². The third-order valence-corrected chi connectivity index (χ3v) is 3.17. The average Bonchev–Trinajstić information content (AvgIpc) is 2.44. The van der Waals surface area contributed by atoms with Crippen LogP contribution < -0.4 is 10.5 Å². The van der Waals surface area contributed by atoms with Crippen LogP contribution in [-0.4, -0.2) is 55.6 Å². The first-order valence-corrected chi connectivity index (χ1v) is 6.71. The molecule has 0 radical (unpaired) electrons. The summed E-state index contributed by atoms with van der Waals surface area (Å²) in [5.74, 6) is 0.815. The molecule has 0 spiro atoms. The summed E-state index contributed by atoms with van der Waals surface area (Å²) in [5.41, 5.74) is 6.40. The van der Waals surface area contributed by atoms with E-state index in [0.717, 1.165) is 37.5 Å². The van der Waals surface area contributed by atoms with E-state index in [-0.39, 0.29) is 12.7 Å². The number of anilines is 1. The minimum absolute atomic E-state index is 0.0383. The minimum Gasteiger partial charge on any atom is -0.493 e. The van der Waals surface area contributed by atoms with E-state index in [1.807, 2.05) is 24.3 Å². The number of ether oxygens (including phenoxy) is 2. The van der Waals surface area contributed by atoms with E-state index in [4.69, 9.17) is 20.3 Å². The maximum Gasteiger partial charge on any atom is 0.121 e. The largest absolute Gasteiger partial charge is 0.493 e. The molecule has 1 unspecified atom stereocenters. The molecule has 5 nitrogen and oxygen atoms in total. The Balaban J connectivity index is 1.64. The van der Waals surface area contributed by atoms with Crippen molar-refractivity contribution in [3.63, 3.8) is 0 Å². The van der Waals surface area contributed by atoms with Crippen molar-refractivity contribution in [2.24, 2.45) is 0 Å². The topological polar surface area (TPSA) is 68.0 Å². The summed E-state index contributed by atoms with van der Waals surface area (Å²) in [6.45, 7) is 4.15. The van der Waals surface area contributed by atoms with E-state index >= 15 is 0 Å². The summed E-state index contributed by atoms with van der Waals surface area (Å²) >= 11 is 0. The Labute approximate surface area is 113 Å². The molecule has 1 fully saturated rings. The van der Waals surface area contributed by atoms with Crippen molar-refractivity contribution >= 4 is 5.69 Å². The highest BCUT2D eigenvalue weighted by atomic mass is 16.5. The van der Waals surface area contributed by atoms with Gasteiger partial charge >= 0.3 is 0 Å². The monoisotopic (exact) mass is 266 g/mol. The second-order valence-corrected chi connectivity index (χ2v) is 4.75. The summed E-state index contributed by atoms with van der Waals surface area (Å²) in [6, 6.07) is 7.47. The number of benzene rings is 1. The molecular weight excluding hydrogens is 244 g/mol. The van der Waals surface area contributed by atoms with E-state index < -0.39 is 0 Å². The van der Waals surface area contributed by atoms with Crippen LogP contribution in [0.15, 0.2) is 24.3 Å². The van der Waals surface area contributed by atoms with Gasteiger partial charge in [0.25, 0.3) is 0 Å². The van der Waals surface area contributed by atoms with Crippen LogP contribution in [-0.2, 0) is 4.74 Å². The van der Waals surface area contributed by atoms with Crippen LogP contribution in [0, 0.1) is 0 Å². The number of hydrogen-bond donors (Lipinski definition) is 2. The number of nitrogen functional groups attached to an aromatic ring is 1. The van der Waals surface area contributed by atoms with E-state index in [2.05, 4.69) is 4.90 Å². The molecule has 0 aromatic heterocycles. The number of morpholine rings is 1. The number of rotatable bonds is 6. The molecule has 2 rings (SSSR count). The van der Waals surface area contributed by atoms with Crippen LogP contribution in [0.2, 0.25) is 0 Å². The number of aliphatic hydroxyl groups excluding tert-OH is 1. The molecule has 1 aromatic carbocycles. The first kappa shape index (κ1) is 14.1. The van der Waals surface area contributed by atoms with Crippen LogP contribution in [0.5, 0.6) is 5.75 Å². The third kappa shape index (κ3) is 4.70. The summed E-state index contributed by atoms with van der Waals surface area (Å²) in [6.07, 6.45) is 0.913. The Morgan fingerprint density at radius 1 is 1.47 bits per heavy atom. The second kappa shape index (κ2) is 7.33. The number of nitrogens with two attached hydrogens (primary N) is 1. The van der Waals surface area contributed by atoms with Gasteiger partial charge in [-0.1, -0.05) is 6.07 Å². The van der Waals surface area contributed by atoms with Gasteiger partial charge < -0.3 is 20.3 Å². The van der Waals surface area contributed by atoms with Gasteiger partial charge in [-0.3, -0.25) is 4.90 Å². The van der Waals surface area contributed by atoms with Crippen molar-refractivity contribution in [2.45, 2.75) is 12.5 Å². The first-order chi connectivity index (χ1) is 9.28. The normalized spacial score (nSPS) is 20.4. The van der Waals surface area contributed by atoms with Crippen molar-refractivity contribution in [3.8, 4) is 5.75 Å². The fraction of sp³-hybridized carbons (Fsp3) is 0.571. The van der Waals surface area contributed by atoms with Gasteiger partial charge in [0.15, 0.2) is 0 Å². The highest BCUT2D eigenvalue weighted by Gasteiger charge is 2.18. The Morgan fingerprint density at radius 3 is 3.16 bits per heavy atom. The third-order valence-electron chi connectivity index (χ3n) is 3.17. The van der Waals surface area contributed by atoms with Crippen LogP contribution >= 0.6 is 0 Å². The lowest BCUT2D eigenvalue weighted by molar-refractivity contribution is -0.0533. The van der Waals surface area contributed by atoms with Gasteiger partial charge in [-0.25, -0.2) is 0 Å². The number of hydrogen-bond acceptors (Lipinski definition) is 5. The Hall–Kier alpha value is -1.30. The molecule has 0 amide bonds. The lowest BCUT2D eigenvalue weighted by Gasteiger charge is -2.31. The van der Waals surface area contributed by atoms with Gasteiger partial charge in [0.2, 0.25) is 0 Å². The summed E-state index contributed by atoms with van der Waals surface area (Å²) < 4.78 is 11.1. The van der Waals surface area contributed by atoms with E-state index in [0.29, 0.717) is 13.2 Å². The maximum absolute atomic E-state index is 9.07. The van der Waals surface area contributed by atoms with E-state index in [9.17, 15) is 0 Å². The predicted octanol–water partition coefficient (Wildman–Crippen LogP) is 0.731. The van der Waals surface area contributed by atoms with Gasteiger partial charge in [0, 0.05) is 31.4 Å². The van der Waals surface area contributed by atoms with Crippen LogP contribution in [0.4, 0.5) is 5.69 Å². The van der Waals surface area contributed by atoms with Crippen molar-refractivity contribution in [1.82, 2.24) is 4.90 Å². The highest BCUT2D eigenvalue weighted by Crippen LogP contribution is 2.14. The smallest absolute Gasteiger partial charge is 0.121 e. The Kier molecular flexibility index (Phi) is 5.44. The molecule has 0 bridgehead atoms. The molecular formula is C14H22N2O3. The maximum atomic E-state index is 9.07. The Morgan fingerprint density at radius 2 is 2.37 bits per heavy atom. The van der Waals surface area contributed by atoms with Gasteiger partial charge in [0.1, 0.15) is 5.75 Å². The lowest BCUT2D eigenvalue weighted by atomic mass is 10.2. The fourth-order valence-electron chi connectivity index (χ4n) is 2.18. The number of nitrogens with zero attached hydrogens (tertiary/aromatic N) is 1. The van der Waals surface area contributed by atoms with Crippen LogP contribution in [0.25, 0.3) is 0 Å². The standard InChI is InChI=1S/C14H22N2O3/c15-12-3-1-4-13(9-12)18-7-2-5-16-6-8-19-14(10-16)11-17/h1,3-4,9,14,17H,2,5-8,10-11,15H2. The van der Waals surface area contributed by atoms with Crippen LogP contribution in [0.1, 0.15) is 6.42 Å². The van der Waals surface area contributed by atoms with Gasteiger partial charge in [-0.15, -0.1) is 0 Å². The SMILES string of the molecule is Nc1cccc(OCCCN2CCOC(CO)C2)c1. The summed E-state index contributed by atoms with van der Waals surface area (Å²) in [5, 5.41) is 9.07. The molecule has 19 heavy (non-hydrogen) atoms. The molecule has 5 heteroatoms. The molecule has 1 atom stereocenters. The molecule has 1 aliphatic heterocycles. The second-order valence-electron chi connectivity index (χ2n) is 4.75. The predicted molar refractivity (Wildman–Crippen MR) is 74.2 cm³/mol. The molecule has 1 saturated heterocycles. The molecule has 3 N–H and O–H groups in total. The lowest BCUT2D eigenvalue weighted by Crippen LogP contribution is -2.44. The highest BCUT2D eigenvalue weighted by molar-refractivity contribution is 5.43. The summed E-state index contributed by atoms with van der Waals surface area (Å²) in [4.78, 5) is 2.30. The van der Waals surface area contributed by atoms with Crippen molar-refractivity contribution in [2.75, 3.05) is 45.2 Å². The molecule has 0 aliphatic carbocycles. The zero-order valence-corrected chi connectivity index (χ0v) is 11.1. The van der Waals surface area contributed by atoms with Gasteiger partial charge in [0.05, 0.1) is 25.9 Å². The quantitative estimate of drug-likeness (QED) is 0.587. The zero-order chi connectivity index (χ0) is 13.5. The Bertz CT molecular complexity index is 387.